The third kappa shape index (κ3) is 2.91. The Morgan fingerprint density at radius 2 is 1.75 bits per heavy atom. The quantitative estimate of drug-likeness (QED) is 0.740. The molecular weight excluding hydrogens is 308 g/mol. The van der Waals surface area contributed by atoms with E-state index in [-0.39, 0.29) is 23.7 Å². The number of carbonyl (C=O) groups excluding carboxylic acids is 2. The summed E-state index contributed by atoms with van der Waals surface area (Å²) in [5.41, 5.74) is 2.11. The van der Waals surface area contributed by atoms with Gasteiger partial charge in [-0.3, -0.25) is 14.4 Å². The van der Waals surface area contributed by atoms with Crippen molar-refractivity contribution in [2.45, 2.75) is 20.3 Å². The Morgan fingerprint density at radius 3 is 2.33 bits per heavy atom. The number of carbonyl (C=O) groups is 3. The van der Waals surface area contributed by atoms with Crippen molar-refractivity contribution in [3.05, 3.63) is 35.9 Å². The van der Waals surface area contributed by atoms with Gasteiger partial charge in [-0.15, -0.1) is 0 Å². The summed E-state index contributed by atoms with van der Waals surface area (Å²) in [5.74, 6) is -2.57. The molecule has 4 atom stereocenters. The number of fused-ring (bicyclic) bond motifs is 2. The first-order valence-electron chi connectivity index (χ1n) is 7.97. The van der Waals surface area contributed by atoms with Crippen LogP contribution in [-0.2, 0) is 14.4 Å². The summed E-state index contributed by atoms with van der Waals surface area (Å²) in [4.78, 5) is 35.3. The Balaban J connectivity index is 1.75. The summed E-state index contributed by atoms with van der Waals surface area (Å²) >= 11 is 0. The Morgan fingerprint density at radius 1 is 1.08 bits per heavy atom. The van der Waals surface area contributed by atoms with Crippen molar-refractivity contribution in [3.63, 3.8) is 0 Å². The van der Waals surface area contributed by atoms with Crippen LogP contribution in [0.25, 0.3) is 0 Å². The van der Waals surface area contributed by atoms with E-state index in [1.165, 1.54) is 6.92 Å². The third-order valence-corrected chi connectivity index (χ3v) is 4.85. The fourth-order valence-electron chi connectivity index (χ4n) is 3.81. The van der Waals surface area contributed by atoms with Crippen LogP contribution in [0, 0.1) is 30.6 Å². The molecule has 0 saturated heterocycles. The lowest BCUT2D eigenvalue weighted by molar-refractivity contribution is -0.146. The first-order chi connectivity index (χ1) is 11.4. The summed E-state index contributed by atoms with van der Waals surface area (Å²) in [5, 5.41) is 15.0. The normalized spacial score (nSPS) is 27.1. The summed E-state index contributed by atoms with van der Waals surface area (Å²) in [6, 6.07) is 5.19. The molecule has 0 unspecified atom stereocenters. The van der Waals surface area contributed by atoms with Gasteiger partial charge in [-0.1, -0.05) is 12.2 Å². The maximum Gasteiger partial charge on any atom is 0.307 e. The fraction of sp³-hybridized carbons (Fsp3) is 0.389. The lowest BCUT2D eigenvalue weighted by Gasteiger charge is -2.24. The van der Waals surface area contributed by atoms with Crippen LogP contribution in [0.5, 0.6) is 0 Å². The minimum Gasteiger partial charge on any atom is -0.481 e. The molecule has 1 aromatic carbocycles. The van der Waals surface area contributed by atoms with Crippen molar-refractivity contribution < 1.29 is 19.5 Å². The third-order valence-electron chi connectivity index (χ3n) is 4.85. The van der Waals surface area contributed by atoms with Crippen LogP contribution in [0.3, 0.4) is 0 Å². The second-order valence-electron chi connectivity index (χ2n) is 6.54. The molecule has 6 heteroatoms. The van der Waals surface area contributed by atoms with Crippen LogP contribution >= 0.6 is 0 Å². The zero-order valence-corrected chi connectivity index (χ0v) is 13.6. The molecule has 2 amide bonds. The first-order valence-corrected chi connectivity index (χ1v) is 7.97. The zero-order chi connectivity index (χ0) is 17.4. The highest BCUT2D eigenvalue weighted by molar-refractivity contribution is 5.97. The van der Waals surface area contributed by atoms with E-state index in [0.29, 0.717) is 11.4 Å². The summed E-state index contributed by atoms with van der Waals surface area (Å²) in [6.45, 7) is 3.27. The summed E-state index contributed by atoms with van der Waals surface area (Å²) < 4.78 is 0. The largest absolute Gasteiger partial charge is 0.481 e. The standard InChI is InChI=1S/C18H20N2O4/c1-9-7-13(5-6-14(9)19-10(2)21)20-17(22)15-11-3-4-12(8-11)16(15)18(23)24/h3-7,11-12,15-16H,8H2,1-2H3,(H,19,21)(H,20,22)(H,23,24)/t11-,12-,15+,16-/m0/s1. The first kappa shape index (κ1) is 16.2. The van der Waals surface area contributed by atoms with E-state index in [9.17, 15) is 19.5 Å². The highest BCUT2D eigenvalue weighted by Crippen LogP contribution is 2.48. The fourth-order valence-corrected chi connectivity index (χ4v) is 3.81. The lowest BCUT2D eigenvalue weighted by Crippen LogP contribution is -2.36. The lowest BCUT2D eigenvalue weighted by atomic mass is 9.82. The summed E-state index contributed by atoms with van der Waals surface area (Å²) in [7, 11) is 0. The van der Waals surface area contributed by atoms with E-state index < -0.39 is 17.8 Å². The van der Waals surface area contributed by atoms with Gasteiger partial charge in [-0.05, 0) is 48.9 Å². The molecule has 0 aromatic heterocycles. The van der Waals surface area contributed by atoms with Crippen LogP contribution in [0.2, 0.25) is 0 Å². The number of aryl methyl sites for hydroxylation is 1. The Hall–Kier alpha value is -2.63. The highest BCUT2D eigenvalue weighted by atomic mass is 16.4. The van der Waals surface area contributed by atoms with Gasteiger partial charge in [-0.2, -0.15) is 0 Å². The number of hydrogen-bond donors (Lipinski definition) is 3. The van der Waals surface area contributed by atoms with Crippen molar-refractivity contribution in [1.82, 2.24) is 0 Å². The molecule has 0 heterocycles. The summed E-state index contributed by atoms with van der Waals surface area (Å²) in [6.07, 6.45) is 4.61. The van der Waals surface area contributed by atoms with Crippen LogP contribution in [0.4, 0.5) is 11.4 Å². The Bertz CT molecular complexity index is 741. The zero-order valence-electron chi connectivity index (χ0n) is 13.6. The predicted octanol–water partition coefficient (Wildman–Crippen LogP) is 2.41. The Kier molecular flexibility index (Phi) is 4.13. The van der Waals surface area contributed by atoms with Gasteiger partial charge in [-0.25, -0.2) is 0 Å². The molecule has 126 valence electrons. The van der Waals surface area contributed by atoms with E-state index in [1.807, 2.05) is 19.1 Å². The molecule has 6 nitrogen and oxygen atoms in total. The molecule has 1 saturated carbocycles. The molecule has 0 spiro atoms. The SMILES string of the molecule is CC(=O)Nc1ccc(NC(=O)[C@H]2[C@@H](C(=O)O)[C@H]3C=C[C@H]2C3)cc1C. The smallest absolute Gasteiger partial charge is 0.307 e. The molecule has 24 heavy (non-hydrogen) atoms. The number of benzene rings is 1. The van der Waals surface area contributed by atoms with Gasteiger partial charge < -0.3 is 15.7 Å². The van der Waals surface area contributed by atoms with Gasteiger partial charge in [0.25, 0.3) is 0 Å². The average molecular weight is 328 g/mol. The minimum atomic E-state index is -0.913. The number of aliphatic carboxylic acids is 1. The van der Waals surface area contributed by atoms with Gasteiger partial charge >= 0.3 is 5.97 Å². The second kappa shape index (κ2) is 6.11. The van der Waals surface area contributed by atoms with Crippen molar-refractivity contribution in [3.8, 4) is 0 Å². The van der Waals surface area contributed by atoms with Gasteiger partial charge in [0.15, 0.2) is 0 Å². The van der Waals surface area contributed by atoms with Crippen LogP contribution < -0.4 is 10.6 Å². The van der Waals surface area contributed by atoms with Crippen molar-refractivity contribution in [1.29, 1.82) is 0 Å². The molecular formula is C18H20N2O4. The van der Waals surface area contributed by atoms with Gasteiger partial charge in [0, 0.05) is 18.3 Å². The Labute approximate surface area is 139 Å². The molecule has 3 N–H and O–H groups in total. The molecule has 2 bridgehead atoms. The molecule has 0 radical (unpaired) electrons. The molecule has 2 aliphatic carbocycles. The topological polar surface area (TPSA) is 95.5 Å². The number of carboxylic acids is 1. The van der Waals surface area contributed by atoms with Crippen molar-refractivity contribution in [2.24, 2.45) is 23.7 Å². The van der Waals surface area contributed by atoms with E-state index in [1.54, 1.807) is 18.2 Å². The molecule has 2 aliphatic rings. The van der Waals surface area contributed by atoms with Crippen molar-refractivity contribution >= 4 is 29.2 Å². The monoisotopic (exact) mass is 328 g/mol. The van der Waals surface area contributed by atoms with E-state index in [4.69, 9.17) is 0 Å². The second-order valence-corrected chi connectivity index (χ2v) is 6.54. The maximum absolute atomic E-state index is 12.6. The van der Waals surface area contributed by atoms with E-state index in [0.717, 1.165) is 12.0 Å². The van der Waals surface area contributed by atoms with E-state index >= 15 is 0 Å². The van der Waals surface area contributed by atoms with Crippen LogP contribution in [0.1, 0.15) is 18.9 Å². The minimum absolute atomic E-state index is 0.00384. The maximum atomic E-state index is 12.6. The number of nitrogens with one attached hydrogen (secondary N) is 2. The van der Waals surface area contributed by atoms with E-state index in [2.05, 4.69) is 10.6 Å². The molecule has 1 fully saturated rings. The van der Waals surface area contributed by atoms with Gasteiger partial charge in [0.1, 0.15) is 0 Å². The molecule has 0 aliphatic heterocycles. The number of amides is 2. The number of anilines is 2. The molecule has 1 aromatic rings. The molecule has 3 rings (SSSR count). The highest BCUT2D eigenvalue weighted by Gasteiger charge is 2.51. The van der Waals surface area contributed by atoms with Crippen LogP contribution in [-0.4, -0.2) is 22.9 Å². The van der Waals surface area contributed by atoms with Gasteiger partial charge in [0.2, 0.25) is 11.8 Å². The number of rotatable bonds is 4. The van der Waals surface area contributed by atoms with Gasteiger partial charge in [0.05, 0.1) is 11.8 Å². The van der Waals surface area contributed by atoms with Crippen molar-refractivity contribution in [2.75, 3.05) is 10.6 Å². The number of hydrogen-bond acceptors (Lipinski definition) is 3. The predicted molar refractivity (Wildman–Crippen MR) is 89.5 cm³/mol. The number of allylic oxidation sites excluding steroid dienone is 2. The number of carboxylic acid groups (broad SMARTS) is 1. The van der Waals surface area contributed by atoms with Crippen LogP contribution in [0.15, 0.2) is 30.4 Å². The average Bonchev–Trinajstić information content (AvgIpc) is 3.10.